The average Bonchev–Trinajstić information content (AvgIpc) is 3.86. The number of hydrogen-bond donors (Lipinski definition) is 0. The van der Waals surface area contributed by atoms with E-state index >= 15 is 4.79 Å². The normalized spacial score (nSPS) is 22.1. The van der Waals surface area contributed by atoms with Gasteiger partial charge in [-0.05, 0) is 74.0 Å². The molecule has 0 aliphatic carbocycles. The third-order valence-electron chi connectivity index (χ3n) is 9.81. The number of sulfonamides is 1. The number of piperazine rings is 1. The summed E-state index contributed by atoms with van der Waals surface area (Å²) in [5.74, 6) is 0.624. The highest BCUT2D eigenvalue weighted by atomic mass is 35.5. The fourth-order valence-corrected chi connectivity index (χ4v) is 9.15. The number of amides is 1. The number of halogens is 2. The van der Waals surface area contributed by atoms with Crippen LogP contribution in [0, 0.1) is 0 Å². The molecule has 2 fully saturated rings. The molecule has 49 heavy (non-hydrogen) atoms. The van der Waals surface area contributed by atoms with Gasteiger partial charge in [-0.3, -0.25) is 14.6 Å². The van der Waals surface area contributed by atoms with Crippen LogP contribution in [0.3, 0.4) is 0 Å². The summed E-state index contributed by atoms with van der Waals surface area (Å²) in [6.45, 7) is 4.75. The first-order valence-electron chi connectivity index (χ1n) is 16.1. The summed E-state index contributed by atoms with van der Waals surface area (Å²) >= 11 is 13.3. The molecule has 0 radical (unpaired) electrons. The Hall–Kier alpha value is -3.65. The van der Waals surface area contributed by atoms with E-state index in [2.05, 4.69) is 21.8 Å². The number of rotatable bonds is 9. The van der Waals surface area contributed by atoms with E-state index in [4.69, 9.17) is 37.1 Å². The molecule has 0 N–H and O–H groups in total. The molecule has 4 heterocycles. The number of oxazole rings is 1. The second-order valence-electron chi connectivity index (χ2n) is 12.6. The van der Waals surface area contributed by atoms with Crippen molar-refractivity contribution in [2.45, 2.75) is 35.9 Å². The van der Waals surface area contributed by atoms with Gasteiger partial charge in [0, 0.05) is 50.4 Å². The maximum absolute atomic E-state index is 15.6. The third-order valence-corrected chi connectivity index (χ3v) is 12.2. The van der Waals surface area contributed by atoms with Gasteiger partial charge in [-0.1, -0.05) is 29.3 Å². The number of likely N-dealkylation sites (N-methyl/N-ethyl adjacent to an activating group) is 1. The molecule has 3 aliphatic rings. The van der Waals surface area contributed by atoms with Gasteiger partial charge in [0.05, 0.1) is 47.1 Å². The first-order chi connectivity index (χ1) is 23.6. The number of fused-ring (bicyclic) bond motifs is 1. The molecule has 11 nitrogen and oxygen atoms in total. The van der Waals surface area contributed by atoms with Crippen LogP contribution >= 0.6 is 23.2 Å². The van der Waals surface area contributed by atoms with E-state index in [1.54, 1.807) is 31.5 Å². The Kier molecular flexibility index (Phi) is 9.14. The molecular weight excluding hydrogens is 689 g/mol. The van der Waals surface area contributed by atoms with Crippen molar-refractivity contribution in [2.24, 2.45) is 0 Å². The standard InChI is InChI=1S/C35H37Cl2N5O6S/c1-39-14-16-40(17-15-39)22-23-6-11-32(47-3)27(19-23)35(41-13-4-5-30(41)33-38-12-18-48-33)26-20-28(36)29(37)21-31(26)42(34(35)43)49(44,45)25-9-7-24(46-2)8-10-25/h6-12,18-21,30H,4-5,13-17,22H2,1-3H3/t30-,35?/m0/s1. The van der Waals surface area contributed by atoms with E-state index in [0.29, 0.717) is 54.4 Å². The summed E-state index contributed by atoms with van der Waals surface area (Å²) in [7, 11) is 0.664. The summed E-state index contributed by atoms with van der Waals surface area (Å²) < 4.78 is 47.3. The fourth-order valence-electron chi connectivity index (χ4n) is 7.37. The minimum absolute atomic E-state index is 0.0871. The first-order valence-corrected chi connectivity index (χ1v) is 18.3. The van der Waals surface area contributed by atoms with Crippen molar-refractivity contribution < 1.29 is 27.1 Å². The van der Waals surface area contributed by atoms with Crippen LogP contribution in [0.1, 0.15) is 41.5 Å². The lowest BCUT2D eigenvalue weighted by Gasteiger charge is -2.41. The molecule has 0 spiro atoms. The molecule has 7 rings (SSSR count). The van der Waals surface area contributed by atoms with Crippen molar-refractivity contribution in [3.05, 3.63) is 99.7 Å². The molecule has 14 heteroatoms. The number of hydrogen-bond acceptors (Lipinski definition) is 10. The molecular formula is C35H37Cl2N5O6S. The third kappa shape index (κ3) is 5.68. The van der Waals surface area contributed by atoms with Crippen molar-refractivity contribution in [3.8, 4) is 11.5 Å². The molecule has 2 saturated heterocycles. The number of carbonyl (C=O) groups is 1. The number of aromatic nitrogens is 1. The Morgan fingerprint density at radius 1 is 0.939 bits per heavy atom. The van der Waals surface area contributed by atoms with Crippen LogP contribution in [0.4, 0.5) is 5.69 Å². The van der Waals surface area contributed by atoms with Gasteiger partial charge in [-0.15, -0.1) is 0 Å². The van der Waals surface area contributed by atoms with Crippen LogP contribution in [0.2, 0.25) is 10.0 Å². The van der Waals surface area contributed by atoms with Crippen LogP contribution < -0.4 is 13.8 Å². The summed E-state index contributed by atoms with van der Waals surface area (Å²) in [6, 6.07) is 14.3. The zero-order valence-corrected chi connectivity index (χ0v) is 29.8. The number of methoxy groups -OCH3 is 2. The minimum atomic E-state index is -4.49. The molecule has 3 aliphatic heterocycles. The van der Waals surface area contributed by atoms with Crippen LogP contribution in [0.15, 0.2) is 76.4 Å². The summed E-state index contributed by atoms with van der Waals surface area (Å²) in [5, 5.41) is 0.293. The Bertz CT molecular complexity index is 1970. The molecule has 258 valence electrons. The zero-order valence-electron chi connectivity index (χ0n) is 27.4. The largest absolute Gasteiger partial charge is 0.497 e. The van der Waals surface area contributed by atoms with Gasteiger partial charge in [-0.25, -0.2) is 17.7 Å². The predicted molar refractivity (Wildman–Crippen MR) is 186 cm³/mol. The van der Waals surface area contributed by atoms with Crippen molar-refractivity contribution >= 4 is 44.8 Å². The molecule has 2 atom stereocenters. The lowest BCUT2D eigenvalue weighted by atomic mass is 9.80. The Labute approximate surface area is 296 Å². The zero-order chi connectivity index (χ0) is 34.5. The van der Waals surface area contributed by atoms with Crippen molar-refractivity contribution in [2.75, 3.05) is 58.3 Å². The quantitative estimate of drug-likeness (QED) is 0.218. The lowest BCUT2D eigenvalue weighted by Crippen LogP contribution is -2.54. The predicted octanol–water partition coefficient (Wildman–Crippen LogP) is 5.56. The monoisotopic (exact) mass is 725 g/mol. The van der Waals surface area contributed by atoms with E-state index in [0.717, 1.165) is 36.0 Å². The second kappa shape index (κ2) is 13.2. The van der Waals surface area contributed by atoms with E-state index in [1.165, 1.54) is 31.6 Å². The van der Waals surface area contributed by atoms with Crippen LogP contribution in [-0.4, -0.2) is 88.0 Å². The Balaban J connectivity index is 1.48. The lowest BCUT2D eigenvalue weighted by molar-refractivity contribution is -0.127. The van der Waals surface area contributed by atoms with Gasteiger partial charge in [0.15, 0.2) is 5.54 Å². The van der Waals surface area contributed by atoms with Crippen LogP contribution in [0.25, 0.3) is 0 Å². The molecule has 0 bridgehead atoms. The average molecular weight is 727 g/mol. The smallest absolute Gasteiger partial charge is 0.271 e. The minimum Gasteiger partial charge on any atom is -0.497 e. The highest BCUT2D eigenvalue weighted by Gasteiger charge is 2.63. The second-order valence-corrected chi connectivity index (χ2v) is 15.2. The molecule has 1 unspecified atom stereocenters. The van der Waals surface area contributed by atoms with Gasteiger partial charge >= 0.3 is 0 Å². The summed E-state index contributed by atoms with van der Waals surface area (Å²) in [6.07, 6.45) is 4.39. The maximum Gasteiger partial charge on any atom is 0.271 e. The van der Waals surface area contributed by atoms with Gasteiger partial charge in [0.1, 0.15) is 17.8 Å². The van der Waals surface area contributed by atoms with Crippen LogP contribution in [0.5, 0.6) is 11.5 Å². The van der Waals surface area contributed by atoms with Gasteiger partial charge in [0.2, 0.25) is 5.89 Å². The van der Waals surface area contributed by atoms with Gasteiger partial charge in [-0.2, -0.15) is 0 Å². The number of carbonyl (C=O) groups excluding carboxylic acids is 1. The molecule has 0 saturated carbocycles. The number of likely N-dealkylation sites (tertiary alicyclic amines) is 1. The first kappa shape index (κ1) is 33.8. The fraction of sp³-hybridized carbons (Fsp3) is 0.371. The SMILES string of the molecule is COc1ccc(S(=O)(=O)N2C(=O)C(c3cc(CN4CCN(C)CC4)ccc3OC)(N3CCC[C@H]3c3ncco3)c3cc(Cl)c(Cl)cc32)cc1. The van der Waals surface area contributed by atoms with E-state index < -0.39 is 27.5 Å². The maximum atomic E-state index is 15.6. The van der Waals surface area contributed by atoms with Crippen LogP contribution in [-0.2, 0) is 26.9 Å². The number of ether oxygens (including phenoxy) is 2. The van der Waals surface area contributed by atoms with E-state index in [-0.39, 0.29) is 20.6 Å². The molecule has 3 aromatic carbocycles. The number of benzene rings is 3. The van der Waals surface area contributed by atoms with E-state index in [1.807, 2.05) is 23.1 Å². The van der Waals surface area contributed by atoms with Crippen molar-refractivity contribution in [1.82, 2.24) is 19.7 Å². The Morgan fingerprint density at radius 3 is 2.35 bits per heavy atom. The number of anilines is 1. The van der Waals surface area contributed by atoms with Crippen molar-refractivity contribution in [1.29, 1.82) is 0 Å². The molecule has 4 aromatic rings. The van der Waals surface area contributed by atoms with Gasteiger partial charge < -0.3 is 18.8 Å². The van der Waals surface area contributed by atoms with E-state index in [9.17, 15) is 8.42 Å². The number of nitrogens with zero attached hydrogens (tertiary/aromatic N) is 5. The van der Waals surface area contributed by atoms with Crippen molar-refractivity contribution in [3.63, 3.8) is 0 Å². The molecule has 1 aromatic heterocycles. The topological polar surface area (TPSA) is 109 Å². The highest BCUT2D eigenvalue weighted by molar-refractivity contribution is 7.93. The highest BCUT2D eigenvalue weighted by Crippen LogP contribution is 2.57. The Morgan fingerprint density at radius 2 is 1.67 bits per heavy atom. The summed E-state index contributed by atoms with van der Waals surface area (Å²) in [4.78, 5) is 26.7. The molecule has 1 amide bonds. The summed E-state index contributed by atoms with van der Waals surface area (Å²) in [5.41, 5.74) is 0.217. The van der Waals surface area contributed by atoms with Gasteiger partial charge in [0.25, 0.3) is 15.9 Å².